The molecule has 0 aromatic heterocycles. The van der Waals surface area contributed by atoms with Gasteiger partial charge in [-0.1, -0.05) is 29.8 Å². The highest BCUT2D eigenvalue weighted by Gasteiger charge is 2.27. The molecule has 0 aliphatic heterocycles. The Balaban J connectivity index is 1.91. The maximum atomic E-state index is 13.4. The summed E-state index contributed by atoms with van der Waals surface area (Å²) in [5, 5.41) is 2.77. The molecule has 3 aromatic rings. The predicted octanol–water partition coefficient (Wildman–Crippen LogP) is 4.36. The van der Waals surface area contributed by atoms with Crippen molar-refractivity contribution in [3.05, 3.63) is 83.4 Å². The average Bonchev–Trinajstić information content (AvgIpc) is 2.84. The standard InChI is InChI=1S/C24H23ClN2O6S/c1-3-33-19-12-10-18(11-13-19)27(34(30,31)20-7-5-4-6-8-20)16-23(28)26-17-9-14-22(25)21(15-17)24(29)32-2/h4-15H,3,16H2,1-2H3,(H,26,28). The molecule has 178 valence electrons. The van der Waals surface area contributed by atoms with E-state index in [1.54, 1.807) is 42.5 Å². The number of carbonyl (C=O) groups excluding carboxylic acids is 2. The second-order valence-corrected chi connectivity index (χ2v) is 9.26. The SMILES string of the molecule is CCOc1ccc(N(CC(=O)Nc2ccc(Cl)c(C(=O)OC)c2)S(=O)(=O)c2ccccc2)cc1. The lowest BCUT2D eigenvalue weighted by Crippen LogP contribution is -2.38. The van der Waals surface area contributed by atoms with Gasteiger partial charge in [0.05, 0.1) is 34.9 Å². The van der Waals surface area contributed by atoms with Gasteiger partial charge in [0.25, 0.3) is 10.0 Å². The fourth-order valence-electron chi connectivity index (χ4n) is 3.11. The number of anilines is 2. The first-order chi connectivity index (χ1) is 16.3. The van der Waals surface area contributed by atoms with Gasteiger partial charge in [0.15, 0.2) is 0 Å². The van der Waals surface area contributed by atoms with E-state index >= 15 is 0 Å². The minimum Gasteiger partial charge on any atom is -0.494 e. The Morgan fingerprint density at radius 3 is 2.29 bits per heavy atom. The normalized spacial score (nSPS) is 10.9. The van der Waals surface area contributed by atoms with Crippen LogP contribution in [-0.4, -0.2) is 40.6 Å². The maximum absolute atomic E-state index is 13.4. The van der Waals surface area contributed by atoms with E-state index in [0.29, 0.717) is 12.4 Å². The van der Waals surface area contributed by atoms with Gasteiger partial charge in [0.2, 0.25) is 5.91 Å². The summed E-state index contributed by atoms with van der Waals surface area (Å²) < 4.78 is 37.9. The van der Waals surface area contributed by atoms with E-state index in [-0.39, 0.29) is 26.9 Å². The van der Waals surface area contributed by atoms with Crippen molar-refractivity contribution >= 4 is 44.9 Å². The Bertz CT molecular complexity index is 1260. The molecule has 0 unspecified atom stereocenters. The predicted molar refractivity (Wildman–Crippen MR) is 130 cm³/mol. The van der Waals surface area contributed by atoms with Gasteiger partial charge in [0.1, 0.15) is 12.3 Å². The van der Waals surface area contributed by atoms with Gasteiger partial charge in [-0.25, -0.2) is 13.2 Å². The second-order valence-electron chi connectivity index (χ2n) is 6.99. The summed E-state index contributed by atoms with van der Waals surface area (Å²) in [7, 11) is -2.85. The highest BCUT2D eigenvalue weighted by molar-refractivity contribution is 7.92. The van der Waals surface area contributed by atoms with Crippen molar-refractivity contribution in [3.63, 3.8) is 0 Å². The molecule has 0 aliphatic rings. The molecule has 0 saturated carbocycles. The van der Waals surface area contributed by atoms with E-state index < -0.39 is 28.4 Å². The summed E-state index contributed by atoms with van der Waals surface area (Å²) in [5.41, 5.74) is 0.620. The zero-order chi connectivity index (χ0) is 24.7. The van der Waals surface area contributed by atoms with Crippen LogP contribution in [0.15, 0.2) is 77.7 Å². The first-order valence-electron chi connectivity index (χ1n) is 10.2. The van der Waals surface area contributed by atoms with Crippen LogP contribution >= 0.6 is 11.6 Å². The molecule has 0 fully saturated rings. The molecule has 1 N–H and O–H groups in total. The van der Waals surface area contributed by atoms with Crippen molar-refractivity contribution in [1.82, 2.24) is 0 Å². The lowest BCUT2D eigenvalue weighted by molar-refractivity contribution is -0.114. The van der Waals surface area contributed by atoms with Crippen molar-refractivity contribution in [1.29, 1.82) is 0 Å². The summed E-state index contributed by atoms with van der Waals surface area (Å²) in [6.45, 7) is 1.79. The van der Waals surface area contributed by atoms with Crippen LogP contribution in [0.4, 0.5) is 11.4 Å². The third-order valence-corrected chi connectivity index (χ3v) is 6.83. The number of sulfonamides is 1. The summed E-state index contributed by atoms with van der Waals surface area (Å²) in [6, 6.07) is 18.5. The van der Waals surface area contributed by atoms with Crippen LogP contribution < -0.4 is 14.4 Å². The number of hydrogen-bond acceptors (Lipinski definition) is 6. The third-order valence-electron chi connectivity index (χ3n) is 4.71. The van der Waals surface area contributed by atoms with Gasteiger partial charge in [-0.05, 0) is 61.5 Å². The first kappa shape index (κ1) is 25.1. The quantitative estimate of drug-likeness (QED) is 0.436. The van der Waals surface area contributed by atoms with E-state index in [1.165, 1.54) is 37.4 Å². The molecule has 0 bridgehead atoms. The Hall–Kier alpha value is -3.56. The number of benzene rings is 3. The smallest absolute Gasteiger partial charge is 0.339 e. The molecule has 0 heterocycles. The van der Waals surface area contributed by atoms with Gasteiger partial charge in [0, 0.05) is 5.69 Å². The number of carbonyl (C=O) groups is 2. The number of ether oxygens (including phenoxy) is 2. The highest BCUT2D eigenvalue weighted by atomic mass is 35.5. The number of rotatable bonds is 9. The van der Waals surface area contributed by atoms with Crippen molar-refractivity contribution in [2.24, 2.45) is 0 Å². The Kier molecular flexibility index (Phi) is 8.14. The number of halogens is 1. The maximum Gasteiger partial charge on any atom is 0.339 e. The number of esters is 1. The number of methoxy groups -OCH3 is 1. The zero-order valence-electron chi connectivity index (χ0n) is 18.5. The van der Waals surface area contributed by atoms with Gasteiger partial charge in [-0.15, -0.1) is 0 Å². The molecular formula is C24H23ClN2O6S. The van der Waals surface area contributed by atoms with Crippen LogP contribution in [0, 0.1) is 0 Å². The van der Waals surface area contributed by atoms with Gasteiger partial charge in [-0.2, -0.15) is 0 Å². The van der Waals surface area contributed by atoms with E-state index in [2.05, 4.69) is 10.1 Å². The summed E-state index contributed by atoms with van der Waals surface area (Å²) in [6.07, 6.45) is 0. The van der Waals surface area contributed by atoms with Crippen LogP contribution in [0.25, 0.3) is 0 Å². The molecule has 3 rings (SSSR count). The van der Waals surface area contributed by atoms with Gasteiger partial charge >= 0.3 is 5.97 Å². The molecule has 0 radical (unpaired) electrons. The summed E-state index contributed by atoms with van der Waals surface area (Å²) in [5.74, 6) is -0.709. The number of nitrogens with one attached hydrogen (secondary N) is 1. The topological polar surface area (TPSA) is 102 Å². The van der Waals surface area contributed by atoms with Crippen LogP contribution in [0.5, 0.6) is 5.75 Å². The molecule has 3 aromatic carbocycles. The molecule has 0 saturated heterocycles. The average molecular weight is 503 g/mol. The molecule has 0 atom stereocenters. The summed E-state index contributed by atoms with van der Waals surface area (Å²) in [4.78, 5) is 24.8. The van der Waals surface area contributed by atoms with E-state index in [1.807, 2.05) is 6.92 Å². The van der Waals surface area contributed by atoms with E-state index in [4.69, 9.17) is 16.3 Å². The lowest BCUT2D eigenvalue weighted by atomic mass is 10.2. The Labute approximate surface area is 203 Å². The molecule has 0 aliphatic carbocycles. The molecule has 0 spiro atoms. The van der Waals surface area contributed by atoms with Crippen LogP contribution in [0.1, 0.15) is 17.3 Å². The number of amides is 1. The van der Waals surface area contributed by atoms with Gasteiger partial charge in [-0.3, -0.25) is 9.10 Å². The summed E-state index contributed by atoms with van der Waals surface area (Å²) >= 11 is 6.02. The molecule has 8 nitrogen and oxygen atoms in total. The minimum absolute atomic E-state index is 0.0381. The van der Waals surface area contributed by atoms with Gasteiger partial charge < -0.3 is 14.8 Å². The van der Waals surface area contributed by atoms with E-state index in [0.717, 1.165) is 4.31 Å². The van der Waals surface area contributed by atoms with Crippen molar-refractivity contribution < 1.29 is 27.5 Å². The van der Waals surface area contributed by atoms with Crippen molar-refractivity contribution in [2.45, 2.75) is 11.8 Å². The molecular weight excluding hydrogens is 480 g/mol. The van der Waals surface area contributed by atoms with E-state index in [9.17, 15) is 18.0 Å². The van der Waals surface area contributed by atoms with Crippen molar-refractivity contribution in [3.8, 4) is 5.75 Å². The number of nitrogens with zero attached hydrogens (tertiary/aromatic N) is 1. The molecule has 1 amide bonds. The Morgan fingerprint density at radius 2 is 1.68 bits per heavy atom. The highest BCUT2D eigenvalue weighted by Crippen LogP contribution is 2.26. The second kappa shape index (κ2) is 11.0. The molecule has 10 heteroatoms. The fraction of sp³-hybridized carbons (Fsp3) is 0.167. The largest absolute Gasteiger partial charge is 0.494 e. The van der Waals surface area contributed by atoms with Crippen LogP contribution in [0.3, 0.4) is 0 Å². The monoisotopic (exact) mass is 502 g/mol. The zero-order valence-corrected chi connectivity index (χ0v) is 20.1. The first-order valence-corrected chi connectivity index (χ1v) is 12.1. The third kappa shape index (κ3) is 5.86. The minimum atomic E-state index is -4.06. The lowest BCUT2D eigenvalue weighted by Gasteiger charge is -2.24. The van der Waals surface area contributed by atoms with Crippen molar-refractivity contribution in [2.75, 3.05) is 29.9 Å². The van der Waals surface area contributed by atoms with Crippen LogP contribution in [-0.2, 0) is 19.6 Å². The Morgan fingerprint density at radius 1 is 1.00 bits per heavy atom. The number of hydrogen-bond donors (Lipinski definition) is 1. The molecule has 34 heavy (non-hydrogen) atoms. The van der Waals surface area contributed by atoms with Crippen LogP contribution in [0.2, 0.25) is 5.02 Å². The fourth-order valence-corrected chi connectivity index (χ4v) is 4.75.